The number of carbonyl (C=O) groups is 1. The highest BCUT2D eigenvalue weighted by atomic mass is 16.4. The van der Waals surface area contributed by atoms with Crippen LogP contribution < -0.4 is 0 Å². The minimum absolute atomic E-state index is 0.0294. The second-order valence-corrected chi connectivity index (χ2v) is 4.78. The number of benzene rings is 1. The Balaban J connectivity index is 2.14. The van der Waals surface area contributed by atoms with Crippen LogP contribution in [0, 0.1) is 11.8 Å². The van der Waals surface area contributed by atoms with Crippen LogP contribution >= 0.6 is 0 Å². The van der Waals surface area contributed by atoms with Crippen LogP contribution in [0.2, 0.25) is 0 Å². The van der Waals surface area contributed by atoms with Crippen LogP contribution in [-0.4, -0.2) is 25.7 Å². The molecule has 5 heteroatoms. The van der Waals surface area contributed by atoms with Gasteiger partial charge >= 0.3 is 5.97 Å². The first kappa shape index (κ1) is 14.4. The van der Waals surface area contributed by atoms with Gasteiger partial charge in [0.2, 0.25) is 0 Å². The lowest BCUT2D eigenvalue weighted by molar-refractivity contribution is 0.0697. The standard InChI is InChI=1S/C18H12N2O3/c21-15-10-13(11-19-12-15)6-7-14-4-3-5-16(18(22)23)17(14)20-8-1-2-9-20/h1-5,8-12,21H,(H,22,23). The van der Waals surface area contributed by atoms with Gasteiger partial charge in [0, 0.05) is 29.7 Å². The topological polar surface area (TPSA) is 75.3 Å². The SMILES string of the molecule is O=C(O)c1cccc(C#Cc2cncc(O)c2)c1-n1cccc1. The van der Waals surface area contributed by atoms with E-state index in [1.165, 1.54) is 18.5 Å². The maximum Gasteiger partial charge on any atom is 0.337 e. The van der Waals surface area contributed by atoms with Crippen LogP contribution in [-0.2, 0) is 0 Å². The number of nitrogens with zero attached hydrogens (tertiary/aromatic N) is 2. The molecule has 112 valence electrons. The number of hydrogen-bond donors (Lipinski definition) is 2. The molecule has 3 aromatic rings. The molecule has 0 unspecified atom stereocenters. The fraction of sp³-hybridized carbons (Fsp3) is 0. The maximum atomic E-state index is 11.5. The fourth-order valence-electron chi connectivity index (χ4n) is 2.21. The van der Waals surface area contributed by atoms with Crippen molar-refractivity contribution >= 4 is 5.97 Å². The zero-order valence-electron chi connectivity index (χ0n) is 12.0. The molecule has 23 heavy (non-hydrogen) atoms. The summed E-state index contributed by atoms with van der Waals surface area (Å²) in [5, 5.41) is 18.8. The number of carboxylic acid groups (broad SMARTS) is 1. The zero-order valence-corrected chi connectivity index (χ0v) is 12.0. The Morgan fingerprint density at radius 2 is 1.87 bits per heavy atom. The second kappa shape index (κ2) is 6.08. The minimum atomic E-state index is -1.02. The van der Waals surface area contributed by atoms with Crippen LogP contribution in [0.3, 0.4) is 0 Å². The lowest BCUT2D eigenvalue weighted by Gasteiger charge is -2.10. The number of aromatic hydroxyl groups is 1. The molecule has 1 aromatic carbocycles. The number of rotatable bonds is 2. The van der Waals surface area contributed by atoms with Crippen molar-refractivity contribution in [2.24, 2.45) is 0 Å². The Labute approximate surface area is 132 Å². The van der Waals surface area contributed by atoms with E-state index < -0.39 is 5.97 Å². The highest BCUT2D eigenvalue weighted by Gasteiger charge is 2.14. The van der Waals surface area contributed by atoms with Gasteiger partial charge < -0.3 is 14.8 Å². The van der Waals surface area contributed by atoms with Crippen molar-refractivity contribution in [2.75, 3.05) is 0 Å². The predicted octanol–water partition coefficient (Wildman–Crippen LogP) is 2.68. The van der Waals surface area contributed by atoms with Gasteiger partial charge in [0.05, 0.1) is 17.4 Å². The quantitative estimate of drug-likeness (QED) is 0.714. The fourth-order valence-corrected chi connectivity index (χ4v) is 2.21. The van der Waals surface area contributed by atoms with Crippen molar-refractivity contribution in [3.8, 4) is 23.3 Å². The van der Waals surface area contributed by atoms with Crippen molar-refractivity contribution in [1.82, 2.24) is 9.55 Å². The number of pyridine rings is 1. The Kier molecular flexibility index (Phi) is 3.81. The Morgan fingerprint density at radius 3 is 2.57 bits per heavy atom. The molecule has 3 rings (SSSR count). The molecule has 0 amide bonds. The Hall–Kier alpha value is -3.52. The first-order valence-corrected chi connectivity index (χ1v) is 6.81. The van der Waals surface area contributed by atoms with Crippen LogP contribution in [0.15, 0.2) is 61.2 Å². The molecule has 0 spiro atoms. The highest BCUT2D eigenvalue weighted by Crippen LogP contribution is 2.20. The summed E-state index contributed by atoms with van der Waals surface area (Å²) in [5.41, 5.74) is 1.79. The van der Waals surface area contributed by atoms with Gasteiger partial charge in [-0.05, 0) is 30.3 Å². The van der Waals surface area contributed by atoms with Crippen molar-refractivity contribution < 1.29 is 15.0 Å². The van der Waals surface area contributed by atoms with Crippen LogP contribution in [0.5, 0.6) is 5.75 Å². The molecule has 0 bridgehead atoms. The van der Waals surface area contributed by atoms with E-state index in [9.17, 15) is 15.0 Å². The van der Waals surface area contributed by atoms with E-state index in [2.05, 4.69) is 16.8 Å². The molecule has 0 saturated carbocycles. The summed E-state index contributed by atoms with van der Waals surface area (Å²) in [6.07, 6.45) is 6.39. The highest BCUT2D eigenvalue weighted by molar-refractivity contribution is 5.93. The predicted molar refractivity (Wildman–Crippen MR) is 84.6 cm³/mol. The largest absolute Gasteiger partial charge is 0.506 e. The first-order valence-electron chi connectivity index (χ1n) is 6.81. The second-order valence-electron chi connectivity index (χ2n) is 4.78. The van der Waals surface area contributed by atoms with Gasteiger partial charge in [-0.3, -0.25) is 4.98 Å². The molecule has 0 atom stereocenters. The summed E-state index contributed by atoms with van der Waals surface area (Å²) >= 11 is 0. The van der Waals surface area contributed by atoms with Gasteiger partial charge in [0.1, 0.15) is 5.75 Å². The number of aromatic nitrogens is 2. The average molecular weight is 304 g/mol. The minimum Gasteiger partial charge on any atom is -0.506 e. The van der Waals surface area contributed by atoms with Gasteiger partial charge in [0.25, 0.3) is 0 Å². The van der Waals surface area contributed by atoms with E-state index in [4.69, 9.17) is 0 Å². The van der Waals surface area contributed by atoms with Gasteiger partial charge in [-0.1, -0.05) is 17.9 Å². The van der Waals surface area contributed by atoms with Gasteiger partial charge in [0.15, 0.2) is 0 Å². The Morgan fingerprint density at radius 1 is 1.09 bits per heavy atom. The summed E-state index contributed by atoms with van der Waals surface area (Å²) in [6, 6.07) is 10.1. The lowest BCUT2D eigenvalue weighted by atomic mass is 10.1. The summed E-state index contributed by atoms with van der Waals surface area (Å²) in [6.45, 7) is 0. The third-order valence-electron chi connectivity index (χ3n) is 3.19. The molecule has 0 aliphatic heterocycles. The Bertz CT molecular complexity index is 919. The molecule has 0 saturated heterocycles. The molecule has 0 aliphatic carbocycles. The number of carboxylic acids is 1. The van der Waals surface area contributed by atoms with E-state index in [0.717, 1.165) is 0 Å². The number of aromatic carboxylic acids is 1. The molecular weight excluding hydrogens is 292 g/mol. The van der Waals surface area contributed by atoms with Crippen molar-refractivity contribution in [3.63, 3.8) is 0 Å². The van der Waals surface area contributed by atoms with E-state index >= 15 is 0 Å². The molecule has 0 fully saturated rings. The maximum absolute atomic E-state index is 11.5. The molecule has 0 radical (unpaired) electrons. The van der Waals surface area contributed by atoms with Gasteiger partial charge in [-0.25, -0.2) is 4.79 Å². The van der Waals surface area contributed by atoms with E-state index in [1.807, 2.05) is 12.1 Å². The van der Waals surface area contributed by atoms with E-state index in [-0.39, 0.29) is 11.3 Å². The van der Waals surface area contributed by atoms with E-state index in [1.54, 1.807) is 35.2 Å². The third kappa shape index (κ3) is 3.06. The molecular formula is C18H12N2O3. The normalized spacial score (nSPS) is 9.91. The van der Waals surface area contributed by atoms with Gasteiger partial charge in [-0.15, -0.1) is 0 Å². The zero-order chi connectivity index (χ0) is 16.2. The summed E-state index contributed by atoms with van der Waals surface area (Å²) in [5.74, 6) is 4.86. The summed E-state index contributed by atoms with van der Waals surface area (Å²) in [4.78, 5) is 15.3. The molecule has 2 N–H and O–H groups in total. The molecule has 2 heterocycles. The number of para-hydroxylation sites is 1. The summed E-state index contributed by atoms with van der Waals surface area (Å²) in [7, 11) is 0. The van der Waals surface area contributed by atoms with Crippen molar-refractivity contribution in [1.29, 1.82) is 0 Å². The smallest absolute Gasteiger partial charge is 0.337 e. The van der Waals surface area contributed by atoms with Crippen LogP contribution in [0.25, 0.3) is 5.69 Å². The summed E-state index contributed by atoms with van der Waals surface area (Å²) < 4.78 is 1.72. The molecule has 0 aliphatic rings. The van der Waals surface area contributed by atoms with Crippen LogP contribution in [0.4, 0.5) is 0 Å². The van der Waals surface area contributed by atoms with Gasteiger partial charge in [-0.2, -0.15) is 0 Å². The third-order valence-corrected chi connectivity index (χ3v) is 3.19. The van der Waals surface area contributed by atoms with Crippen molar-refractivity contribution in [3.05, 3.63) is 77.9 Å². The van der Waals surface area contributed by atoms with E-state index in [0.29, 0.717) is 16.8 Å². The molecule has 2 aromatic heterocycles. The van der Waals surface area contributed by atoms with Crippen LogP contribution in [0.1, 0.15) is 21.5 Å². The number of hydrogen-bond acceptors (Lipinski definition) is 3. The monoisotopic (exact) mass is 304 g/mol. The first-order chi connectivity index (χ1) is 11.1. The molecule has 5 nitrogen and oxygen atoms in total. The average Bonchev–Trinajstić information content (AvgIpc) is 3.06. The van der Waals surface area contributed by atoms with Crippen molar-refractivity contribution in [2.45, 2.75) is 0 Å². The lowest BCUT2D eigenvalue weighted by Crippen LogP contribution is -2.06.